The zero-order valence-electron chi connectivity index (χ0n) is 12.2. The third-order valence-electron chi connectivity index (χ3n) is 3.78. The van der Waals surface area contributed by atoms with Crippen molar-refractivity contribution >= 4 is 11.7 Å². The molecule has 0 saturated heterocycles. The molecule has 1 aliphatic heterocycles. The zero-order chi connectivity index (χ0) is 14.7. The summed E-state index contributed by atoms with van der Waals surface area (Å²) in [4.78, 5) is 18.8. The smallest absolute Gasteiger partial charge is 0.254 e. The van der Waals surface area contributed by atoms with Gasteiger partial charge in [-0.25, -0.2) is 4.98 Å². The van der Waals surface area contributed by atoms with Crippen LogP contribution in [-0.2, 0) is 13.0 Å². The summed E-state index contributed by atoms with van der Waals surface area (Å²) in [5.41, 5.74) is 3.29. The minimum Gasteiger partial charge on any atom is -0.370 e. The molecule has 21 heavy (non-hydrogen) atoms. The molecule has 2 heterocycles. The van der Waals surface area contributed by atoms with Gasteiger partial charge >= 0.3 is 0 Å². The Bertz CT molecular complexity index is 654. The van der Waals surface area contributed by atoms with E-state index in [0.29, 0.717) is 12.1 Å². The summed E-state index contributed by atoms with van der Waals surface area (Å²) in [6, 6.07) is 11.9. The fourth-order valence-electron chi connectivity index (χ4n) is 2.69. The number of aromatic nitrogens is 1. The standard InChI is InChI=1S/C17H19N3O/c1-2-18-16-11-14(7-9-19-16)17(21)20-10-8-13-5-3-4-6-15(13)12-20/h3-7,9,11H,2,8,10,12H2,1H3,(H,18,19). The average molecular weight is 281 g/mol. The molecule has 4 nitrogen and oxygen atoms in total. The number of hydrogen-bond acceptors (Lipinski definition) is 3. The molecule has 0 unspecified atom stereocenters. The van der Waals surface area contributed by atoms with E-state index in [1.807, 2.05) is 24.0 Å². The molecule has 0 saturated carbocycles. The molecule has 1 N–H and O–H groups in total. The molecule has 1 aliphatic rings. The summed E-state index contributed by atoms with van der Waals surface area (Å²) in [6.07, 6.45) is 2.61. The van der Waals surface area contributed by atoms with Crippen molar-refractivity contribution in [3.8, 4) is 0 Å². The molecule has 1 aromatic heterocycles. The van der Waals surface area contributed by atoms with Gasteiger partial charge in [-0.15, -0.1) is 0 Å². The van der Waals surface area contributed by atoms with Gasteiger partial charge in [-0.3, -0.25) is 4.79 Å². The van der Waals surface area contributed by atoms with Gasteiger partial charge in [0.05, 0.1) is 0 Å². The lowest BCUT2D eigenvalue weighted by Crippen LogP contribution is -2.35. The number of fused-ring (bicyclic) bond motifs is 1. The molecule has 0 fully saturated rings. The molecule has 0 atom stereocenters. The maximum atomic E-state index is 12.6. The molecular weight excluding hydrogens is 262 g/mol. The van der Waals surface area contributed by atoms with Crippen LogP contribution in [0, 0.1) is 0 Å². The summed E-state index contributed by atoms with van der Waals surface area (Å²) in [5.74, 6) is 0.826. The molecule has 0 radical (unpaired) electrons. The highest BCUT2D eigenvalue weighted by Crippen LogP contribution is 2.20. The van der Waals surface area contributed by atoms with Gasteiger partial charge in [-0.05, 0) is 36.6 Å². The molecular formula is C17H19N3O. The first-order valence-electron chi connectivity index (χ1n) is 7.34. The Balaban J connectivity index is 1.79. The lowest BCUT2D eigenvalue weighted by atomic mass is 9.99. The highest BCUT2D eigenvalue weighted by atomic mass is 16.2. The van der Waals surface area contributed by atoms with Crippen LogP contribution in [0.4, 0.5) is 5.82 Å². The van der Waals surface area contributed by atoms with Crippen molar-refractivity contribution in [2.45, 2.75) is 19.9 Å². The predicted octanol–water partition coefficient (Wildman–Crippen LogP) is 2.71. The van der Waals surface area contributed by atoms with Crippen molar-refractivity contribution < 1.29 is 4.79 Å². The van der Waals surface area contributed by atoms with Crippen LogP contribution in [0.2, 0.25) is 0 Å². The molecule has 3 rings (SSSR count). The summed E-state index contributed by atoms with van der Waals surface area (Å²) in [7, 11) is 0. The summed E-state index contributed by atoms with van der Waals surface area (Å²) < 4.78 is 0. The van der Waals surface area contributed by atoms with E-state index in [2.05, 4.69) is 28.5 Å². The van der Waals surface area contributed by atoms with E-state index in [1.54, 1.807) is 12.3 Å². The van der Waals surface area contributed by atoms with Gasteiger partial charge < -0.3 is 10.2 Å². The highest BCUT2D eigenvalue weighted by Gasteiger charge is 2.21. The number of carbonyl (C=O) groups excluding carboxylic acids is 1. The molecule has 1 aromatic carbocycles. The van der Waals surface area contributed by atoms with Crippen LogP contribution in [0.3, 0.4) is 0 Å². The molecule has 2 aromatic rings. The topological polar surface area (TPSA) is 45.2 Å². The number of benzene rings is 1. The number of rotatable bonds is 3. The van der Waals surface area contributed by atoms with E-state index in [9.17, 15) is 4.79 Å². The molecule has 0 bridgehead atoms. The minimum atomic E-state index is 0.0751. The van der Waals surface area contributed by atoms with Gasteiger partial charge in [0.25, 0.3) is 5.91 Å². The second-order valence-corrected chi connectivity index (χ2v) is 5.21. The van der Waals surface area contributed by atoms with Crippen molar-refractivity contribution in [3.05, 3.63) is 59.3 Å². The Labute approximate surface area is 124 Å². The Kier molecular flexibility index (Phi) is 3.86. The van der Waals surface area contributed by atoms with Gasteiger partial charge in [0, 0.05) is 31.4 Å². The number of pyridine rings is 1. The number of carbonyl (C=O) groups is 1. The Morgan fingerprint density at radius 1 is 1.29 bits per heavy atom. The van der Waals surface area contributed by atoms with E-state index >= 15 is 0 Å². The average Bonchev–Trinajstić information content (AvgIpc) is 2.54. The largest absolute Gasteiger partial charge is 0.370 e. The monoisotopic (exact) mass is 281 g/mol. The van der Waals surface area contributed by atoms with Crippen LogP contribution < -0.4 is 5.32 Å². The normalized spacial score (nSPS) is 13.7. The van der Waals surface area contributed by atoms with Crippen LogP contribution >= 0.6 is 0 Å². The number of nitrogens with one attached hydrogen (secondary N) is 1. The molecule has 0 spiro atoms. The third-order valence-corrected chi connectivity index (χ3v) is 3.78. The fourth-order valence-corrected chi connectivity index (χ4v) is 2.69. The predicted molar refractivity (Wildman–Crippen MR) is 83.3 cm³/mol. The quantitative estimate of drug-likeness (QED) is 0.941. The summed E-state index contributed by atoms with van der Waals surface area (Å²) >= 11 is 0. The lowest BCUT2D eigenvalue weighted by Gasteiger charge is -2.29. The van der Waals surface area contributed by atoms with Crippen LogP contribution in [-0.4, -0.2) is 28.9 Å². The van der Waals surface area contributed by atoms with Crippen molar-refractivity contribution in [1.29, 1.82) is 0 Å². The van der Waals surface area contributed by atoms with Crippen LogP contribution in [0.1, 0.15) is 28.4 Å². The van der Waals surface area contributed by atoms with E-state index in [0.717, 1.165) is 25.3 Å². The van der Waals surface area contributed by atoms with Crippen LogP contribution in [0.25, 0.3) is 0 Å². The highest BCUT2D eigenvalue weighted by molar-refractivity contribution is 5.95. The van der Waals surface area contributed by atoms with Crippen molar-refractivity contribution in [2.24, 2.45) is 0 Å². The summed E-state index contributed by atoms with van der Waals surface area (Å²) in [6.45, 7) is 4.27. The van der Waals surface area contributed by atoms with E-state index < -0.39 is 0 Å². The lowest BCUT2D eigenvalue weighted by molar-refractivity contribution is 0.0734. The first-order chi connectivity index (χ1) is 10.3. The summed E-state index contributed by atoms with van der Waals surface area (Å²) in [5, 5.41) is 3.14. The Morgan fingerprint density at radius 2 is 2.10 bits per heavy atom. The number of hydrogen-bond donors (Lipinski definition) is 1. The maximum Gasteiger partial charge on any atom is 0.254 e. The number of amides is 1. The van der Waals surface area contributed by atoms with Crippen molar-refractivity contribution in [1.82, 2.24) is 9.88 Å². The van der Waals surface area contributed by atoms with Crippen molar-refractivity contribution in [2.75, 3.05) is 18.4 Å². The van der Waals surface area contributed by atoms with Gasteiger partial charge in [-0.2, -0.15) is 0 Å². The first-order valence-corrected chi connectivity index (χ1v) is 7.34. The van der Waals surface area contributed by atoms with E-state index in [-0.39, 0.29) is 5.91 Å². The molecule has 0 aliphatic carbocycles. The first kappa shape index (κ1) is 13.6. The van der Waals surface area contributed by atoms with Crippen LogP contribution in [0.15, 0.2) is 42.6 Å². The Hall–Kier alpha value is -2.36. The number of nitrogens with zero attached hydrogens (tertiary/aromatic N) is 2. The van der Waals surface area contributed by atoms with E-state index in [1.165, 1.54) is 11.1 Å². The number of anilines is 1. The van der Waals surface area contributed by atoms with Gasteiger partial charge in [0.1, 0.15) is 5.82 Å². The third kappa shape index (κ3) is 2.89. The van der Waals surface area contributed by atoms with Crippen LogP contribution in [0.5, 0.6) is 0 Å². The van der Waals surface area contributed by atoms with Gasteiger partial charge in [-0.1, -0.05) is 24.3 Å². The van der Waals surface area contributed by atoms with E-state index in [4.69, 9.17) is 0 Å². The fraction of sp³-hybridized carbons (Fsp3) is 0.294. The Morgan fingerprint density at radius 3 is 2.90 bits per heavy atom. The molecule has 4 heteroatoms. The second kappa shape index (κ2) is 5.95. The van der Waals surface area contributed by atoms with Gasteiger partial charge in [0.2, 0.25) is 0 Å². The molecule has 108 valence electrons. The molecule has 1 amide bonds. The maximum absolute atomic E-state index is 12.6. The second-order valence-electron chi connectivity index (χ2n) is 5.21. The zero-order valence-corrected chi connectivity index (χ0v) is 12.2. The SMILES string of the molecule is CCNc1cc(C(=O)N2CCc3ccccc3C2)ccn1. The van der Waals surface area contributed by atoms with Crippen molar-refractivity contribution in [3.63, 3.8) is 0 Å². The minimum absolute atomic E-state index is 0.0751. The van der Waals surface area contributed by atoms with Gasteiger partial charge in [0.15, 0.2) is 0 Å².